The summed E-state index contributed by atoms with van der Waals surface area (Å²) in [7, 11) is 2.13. The summed E-state index contributed by atoms with van der Waals surface area (Å²) in [6, 6.07) is 12.5. The number of carbonyl (C=O) groups is 2. The number of rotatable bonds is 5. The molecule has 0 unspecified atom stereocenters. The van der Waals surface area contributed by atoms with Gasteiger partial charge in [0.05, 0.1) is 6.04 Å². The molecule has 2 heterocycles. The third-order valence-electron chi connectivity index (χ3n) is 6.74. The SMILES string of the molecule is Cc1ccc(NC(=O)C(=O)NC[C@H](c2ccc3c(c2)CCN3C)N2CCCCC2)c(C)c1. The highest BCUT2D eigenvalue weighted by molar-refractivity contribution is 6.39. The summed E-state index contributed by atoms with van der Waals surface area (Å²) in [5, 5.41) is 5.65. The van der Waals surface area contributed by atoms with E-state index in [0.29, 0.717) is 12.2 Å². The lowest BCUT2D eigenvalue weighted by molar-refractivity contribution is -0.136. The van der Waals surface area contributed by atoms with Crippen LogP contribution in [0.5, 0.6) is 0 Å². The Kier molecular flexibility index (Phi) is 6.80. The number of fused-ring (bicyclic) bond motifs is 1. The zero-order valence-electron chi connectivity index (χ0n) is 19.4. The van der Waals surface area contributed by atoms with Gasteiger partial charge in [-0.3, -0.25) is 14.5 Å². The smallest absolute Gasteiger partial charge is 0.313 e. The van der Waals surface area contributed by atoms with E-state index in [0.717, 1.165) is 37.2 Å². The molecule has 0 aromatic heterocycles. The van der Waals surface area contributed by atoms with Gasteiger partial charge in [-0.1, -0.05) is 36.2 Å². The Morgan fingerprint density at radius 2 is 1.75 bits per heavy atom. The highest BCUT2D eigenvalue weighted by atomic mass is 16.2. The average Bonchev–Trinajstić information content (AvgIpc) is 3.16. The molecule has 2 N–H and O–H groups in total. The number of nitrogens with zero attached hydrogens (tertiary/aromatic N) is 2. The quantitative estimate of drug-likeness (QED) is 0.706. The van der Waals surface area contributed by atoms with E-state index in [1.165, 1.54) is 36.1 Å². The molecule has 2 aliphatic heterocycles. The summed E-state index contributed by atoms with van der Waals surface area (Å²) < 4.78 is 0. The second kappa shape index (κ2) is 9.74. The maximum absolute atomic E-state index is 12.6. The zero-order valence-corrected chi connectivity index (χ0v) is 19.4. The van der Waals surface area contributed by atoms with Gasteiger partial charge in [0.25, 0.3) is 0 Å². The number of amides is 2. The van der Waals surface area contributed by atoms with Crippen LogP contribution in [0.4, 0.5) is 11.4 Å². The monoisotopic (exact) mass is 434 g/mol. The lowest BCUT2D eigenvalue weighted by Gasteiger charge is -2.35. The van der Waals surface area contributed by atoms with E-state index in [1.54, 1.807) is 0 Å². The number of piperidine rings is 1. The van der Waals surface area contributed by atoms with Gasteiger partial charge >= 0.3 is 11.8 Å². The molecule has 4 rings (SSSR count). The molecular formula is C26H34N4O2. The molecule has 0 radical (unpaired) electrons. The van der Waals surface area contributed by atoms with Crippen molar-refractivity contribution in [2.24, 2.45) is 0 Å². The molecule has 2 aliphatic rings. The molecule has 0 spiro atoms. The highest BCUT2D eigenvalue weighted by Crippen LogP contribution is 2.32. The first-order chi connectivity index (χ1) is 15.4. The van der Waals surface area contributed by atoms with Crippen LogP contribution in [0, 0.1) is 13.8 Å². The minimum absolute atomic E-state index is 0.0735. The molecule has 170 valence electrons. The Balaban J connectivity index is 1.45. The largest absolute Gasteiger partial charge is 0.374 e. The van der Waals surface area contributed by atoms with Crippen LogP contribution < -0.4 is 15.5 Å². The van der Waals surface area contributed by atoms with Gasteiger partial charge in [-0.05, 0) is 75.0 Å². The first kappa shape index (κ1) is 22.3. The van der Waals surface area contributed by atoms with Gasteiger partial charge in [-0.25, -0.2) is 0 Å². The van der Waals surface area contributed by atoms with Crippen LogP contribution in [0.1, 0.15) is 47.6 Å². The average molecular weight is 435 g/mol. The number of aryl methyl sites for hydroxylation is 2. The van der Waals surface area contributed by atoms with E-state index >= 15 is 0 Å². The van der Waals surface area contributed by atoms with Crippen LogP contribution in [-0.4, -0.2) is 49.9 Å². The van der Waals surface area contributed by atoms with Crippen LogP contribution >= 0.6 is 0 Å². The van der Waals surface area contributed by atoms with E-state index < -0.39 is 11.8 Å². The minimum atomic E-state index is -0.620. The summed E-state index contributed by atoms with van der Waals surface area (Å²) in [6.07, 6.45) is 4.65. The molecule has 32 heavy (non-hydrogen) atoms. The normalized spacial score (nSPS) is 17.0. The van der Waals surface area contributed by atoms with Crippen molar-refractivity contribution in [2.45, 2.75) is 45.6 Å². The molecule has 0 bridgehead atoms. The van der Waals surface area contributed by atoms with Gasteiger partial charge in [0.2, 0.25) is 0 Å². The third kappa shape index (κ3) is 4.96. The Bertz CT molecular complexity index is 997. The predicted octanol–water partition coefficient (Wildman–Crippen LogP) is 3.58. The molecule has 0 aliphatic carbocycles. The van der Waals surface area contributed by atoms with Crippen LogP contribution in [0.2, 0.25) is 0 Å². The van der Waals surface area contributed by atoms with Crippen molar-refractivity contribution in [1.29, 1.82) is 0 Å². The standard InChI is InChI=1S/C26H34N4O2/c1-18-7-9-22(19(2)15-18)28-26(32)25(31)27-17-24(30-12-5-4-6-13-30)20-8-10-23-21(16-20)11-14-29(23)3/h7-10,15-16,24H,4-6,11-14,17H2,1-3H3,(H,27,31)(H,28,32)/t24-/m1/s1. The predicted molar refractivity (Wildman–Crippen MR) is 129 cm³/mol. The van der Waals surface area contributed by atoms with Crippen molar-refractivity contribution in [3.8, 4) is 0 Å². The topological polar surface area (TPSA) is 64.7 Å². The molecule has 6 nitrogen and oxygen atoms in total. The fourth-order valence-corrected chi connectivity index (χ4v) is 4.88. The number of likely N-dealkylation sites (N-methyl/N-ethyl adjacent to an activating group) is 1. The maximum Gasteiger partial charge on any atom is 0.313 e. The number of hydrogen-bond acceptors (Lipinski definition) is 4. The molecule has 2 amide bonds. The van der Waals surface area contributed by atoms with Crippen LogP contribution in [0.25, 0.3) is 0 Å². The van der Waals surface area contributed by atoms with Crippen molar-refractivity contribution in [1.82, 2.24) is 10.2 Å². The molecular weight excluding hydrogens is 400 g/mol. The Morgan fingerprint density at radius 3 is 2.50 bits per heavy atom. The van der Waals surface area contributed by atoms with Crippen molar-refractivity contribution in [2.75, 3.05) is 43.4 Å². The molecule has 2 aromatic carbocycles. The maximum atomic E-state index is 12.6. The zero-order chi connectivity index (χ0) is 22.7. The molecule has 1 atom stereocenters. The Hall–Kier alpha value is -2.86. The number of benzene rings is 2. The Labute approximate surface area is 191 Å². The van der Waals surface area contributed by atoms with E-state index in [-0.39, 0.29) is 6.04 Å². The number of likely N-dealkylation sites (tertiary alicyclic amines) is 1. The Morgan fingerprint density at radius 1 is 0.969 bits per heavy atom. The summed E-state index contributed by atoms with van der Waals surface area (Å²) >= 11 is 0. The number of anilines is 2. The van der Waals surface area contributed by atoms with Gasteiger partial charge in [-0.2, -0.15) is 0 Å². The summed E-state index contributed by atoms with van der Waals surface area (Å²) in [4.78, 5) is 29.9. The van der Waals surface area contributed by atoms with Gasteiger partial charge < -0.3 is 15.5 Å². The molecule has 1 saturated heterocycles. The lowest BCUT2D eigenvalue weighted by atomic mass is 9.98. The number of carbonyl (C=O) groups excluding carboxylic acids is 2. The summed E-state index contributed by atoms with van der Waals surface area (Å²) in [5.41, 5.74) is 6.62. The van der Waals surface area contributed by atoms with Gasteiger partial charge in [0.15, 0.2) is 0 Å². The fourth-order valence-electron chi connectivity index (χ4n) is 4.88. The third-order valence-corrected chi connectivity index (χ3v) is 6.74. The second-order valence-corrected chi connectivity index (χ2v) is 9.15. The first-order valence-electron chi connectivity index (χ1n) is 11.7. The van der Waals surface area contributed by atoms with Crippen LogP contribution in [0.15, 0.2) is 36.4 Å². The molecule has 2 aromatic rings. The van der Waals surface area contributed by atoms with Gasteiger partial charge in [-0.15, -0.1) is 0 Å². The molecule has 1 fully saturated rings. The number of hydrogen-bond donors (Lipinski definition) is 2. The number of nitrogens with one attached hydrogen (secondary N) is 2. The minimum Gasteiger partial charge on any atom is -0.374 e. The van der Waals surface area contributed by atoms with E-state index in [9.17, 15) is 9.59 Å². The summed E-state index contributed by atoms with van der Waals surface area (Å²) in [5.74, 6) is -1.21. The van der Waals surface area contributed by atoms with Crippen LogP contribution in [0.3, 0.4) is 0 Å². The van der Waals surface area contributed by atoms with Crippen molar-refractivity contribution >= 4 is 23.2 Å². The van der Waals surface area contributed by atoms with Gasteiger partial charge in [0.1, 0.15) is 0 Å². The lowest BCUT2D eigenvalue weighted by Crippen LogP contribution is -2.43. The first-order valence-corrected chi connectivity index (χ1v) is 11.7. The van der Waals surface area contributed by atoms with Gasteiger partial charge in [0, 0.05) is 31.5 Å². The van der Waals surface area contributed by atoms with Crippen molar-refractivity contribution < 1.29 is 9.59 Å². The van der Waals surface area contributed by atoms with Crippen LogP contribution in [-0.2, 0) is 16.0 Å². The molecule has 6 heteroatoms. The van der Waals surface area contributed by atoms with E-state index in [4.69, 9.17) is 0 Å². The second-order valence-electron chi connectivity index (χ2n) is 9.15. The fraction of sp³-hybridized carbons (Fsp3) is 0.462. The van der Waals surface area contributed by atoms with Crippen molar-refractivity contribution in [3.63, 3.8) is 0 Å². The van der Waals surface area contributed by atoms with Crippen molar-refractivity contribution in [3.05, 3.63) is 58.7 Å². The summed E-state index contributed by atoms with van der Waals surface area (Å²) in [6.45, 7) is 7.44. The van der Waals surface area contributed by atoms with E-state index in [2.05, 4.69) is 45.7 Å². The van der Waals surface area contributed by atoms with E-state index in [1.807, 2.05) is 32.0 Å². The molecule has 0 saturated carbocycles. The highest BCUT2D eigenvalue weighted by Gasteiger charge is 2.26.